The van der Waals surface area contributed by atoms with Gasteiger partial charge in [-0.1, -0.05) is 75.4 Å². The molecular formula is C20H27N. The van der Waals surface area contributed by atoms with Gasteiger partial charge in [0.05, 0.1) is 0 Å². The van der Waals surface area contributed by atoms with Crippen molar-refractivity contribution in [3.8, 4) is 11.1 Å². The Morgan fingerprint density at radius 2 is 1.67 bits per heavy atom. The fourth-order valence-corrected chi connectivity index (χ4v) is 2.29. The van der Waals surface area contributed by atoms with Crippen LogP contribution in [0.4, 0.5) is 0 Å². The van der Waals surface area contributed by atoms with E-state index < -0.39 is 0 Å². The van der Waals surface area contributed by atoms with E-state index in [4.69, 9.17) is 5.73 Å². The van der Waals surface area contributed by atoms with Gasteiger partial charge in [0.2, 0.25) is 0 Å². The Bertz CT molecular complexity index is 540. The largest absolute Gasteiger partial charge is 0.324 e. The van der Waals surface area contributed by atoms with Gasteiger partial charge in [-0.15, -0.1) is 6.58 Å². The predicted octanol–water partition coefficient (Wildman–Crippen LogP) is 5.00. The van der Waals surface area contributed by atoms with Gasteiger partial charge in [-0.3, -0.25) is 0 Å². The van der Waals surface area contributed by atoms with Gasteiger partial charge in [0.1, 0.15) is 0 Å². The van der Waals surface area contributed by atoms with E-state index in [0.717, 1.165) is 12.8 Å². The lowest BCUT2D eigenvalue weighted by atomic mass is 9.96. The fraction of sp³-hybridized carbons (Fsp3) is 0.300. The minimum absolute atomic E-state index is 0.0359. The quantitative estimate of drug-likeness (QED) is 0.767. The van der Waals surface area contributed by atoms with Crippen LogP contribution in [0.2, 0.25) is 0 Å². The second-order valence-corrected chi connectivity index (χ2v) is 4.81. The van der Waals surface area contributed by atoms with Gasteiger partial charge in [0.25, 0.3) is 0 Å². The van der Waals surface area contributed by atoms with Crippen LogP contribution in [-0.2, 0) is 12.8 Å². The molecule has 0 heterocycles. The van der Waals surface area contributed by atoms with E-state index in [1.54, 1.807) is 6.08 Å². The maximum absolute atomic E-state index is 5.88. The highest BCUT2D eigenvalue weighted by molar-refractivity contribution is 5.67. The number of hydrogen-bond acceptors (Lipinski definition) is 1. The summed E-state index contributed by atoms with van der Waals surface area (Å²) in [5.41, 5.74) is 11.1. The molecule has 0 aromatic heterocycles. The zero-order chi connectivity index (χ0) is 15.7. The molecule has 0 radical (unpaired) electrons. The second-order valence-electron chi connectivity index (χ2n) is 4.81. The molecule has 2 aromatic carbocycles. The molecule has 0 fully saturated rings. The molecule has 21 heavy (non-hydrogen) atoms. The number of aryl methyl sites for hydroxylation is 1. The highest BCUT2D eigenvalue weighted by atomic mass is 14.6. The van der Waals surface area contributed by atoms with Crippen molar-refractivity contribution < 1.29 is 0 Å². The number of hydrogen-bond donors (Lipinski definition) is 1. The summed E-state index contributed by atoms with van der Waals surface area (Å²) < 4.78 is 0. The molecule has 0 amide bonds. The Labute approximate surface area is 129 Å². The maximum Gasteiger partial charge on any atom is 0.0262 e. The van der Waals surface area contributed by atoms with Crippen LogP contribution in [0.1, 0.15) is 31.9 Å². The summed E-state index contributed by atoms with van der Waals surface area (Å²) >= 11 is 0. The Kier molecular flexibility index (Phi) is 7.49. The van der Waals surface area contributed by atoms with Crippen molar-refractivity contribution in [2.45, 2.75) is 39.7 Å². The first-order valence-corrected chi connectivity index (χ1v) is 7.80. The second kappa shape index (κ2) is 9.15. The van der Waals surface area contributed by atoms with E-state index in [9.17, 15) is 0 Å². The zero-order valence-corrected chi connectivity index (χ0v) is 13.5. The summed E-state index contributed by atoms with van der Waals surface area (Å²) in [6, 6.07) is 17.3. The first-order chi connectivity index (χ1) is 10.2. The average Bonchev–Trinajstić information content (AvgIpc) is 2.57. The van der Waals surface area contributed by atoms with E-state index in [-0.39, 0.29) is 6.04 Å². The molecule has 1 unspecified atom stereocenters. The molecule has 0 aliphatic heterocycles. The van der Waals surface area contributed by atoms with Crippen molar-refractivity contribution in [1.29, 1.82) is 0 Å². The maximum atomic E-state index is 5.88. The molecule has 0 saturated heterocycles. The van der Waals surface area contributed by atoms with Crippen molar-refractivity contribution in [3.05, 3.63) is 72.3 Å². The summed E-state index contributed by atoms with van der Waals surface area (Å²) in [6.07, 6.45) is 3.69. The zero-order valence-electron chi connectivity index (χ0n) is 13.5. The molecular weight excluding hydrogens is 254 g/mol. The van der Waals surface area contributed by atoms with Crippen molar-refractivity contribution in [3.63, 3.8) is 0 Å². The number of nitrogens with two attached hydrogens (primary N) is 1. The van der Waals surface area contributed by atoms with Crippen LogP contribution in [0.25, 0.3) is 11.1 Å². The van der Waals surface area contributed by atoms with E-state index in [1.807, 2.05) is 13.8 Å². The van der Waals surface area contributed by atoms with E-state index >= 15 is 0 Å². The SMILES string of the molecule is C=CC(N)Cc1ccc(-c2ccccc2CC)cc1.CC. The third kappa shape index (κ3) is 4.87. The molecule has 0 bridgehead atoms. The van der Waals surface area contributed by atoms with Crippen LogP contribution in [0.3, 0.4) is 0 Å². The Morgan fingerprint density at radius 1 is 1.05 bits per heavy atom. The Morgan fingerprint density at radius 3 is 2.24 bits per heavy atom. The van der Waals surface area contributed by atoms with Crippen LogP contribution in [0.15, 0.2) is 61.2 Å². The summed E-state index contributed by atoms with van der Waals surface area (Å²) in [4.78, 5) is 0. The molecule has 2 N–H and O–H groups in total. The van der Waals surface area contributed by atoms with Crippen molar-refractivity contribution in [2.24, 2.45) is 5.73 Å². The first-order valence-electron chi connectivity index (χ1n) is 7.80. The topological polar surface area (TPSA) is 26.0 Å². The molecule has 1 atom stereocenters. The third-order valence-corrected chi connectivity index (χ3v) is 3.44. The Hall–Kier alpha value is -1.86. The van der Waals surface area contributed by atoms with Gasteiger partial charge in [-0.2, -0.15) is 0 Å². The average molecular weight is 281 g/mol. The van der Waals surface area contributed by atoms with Gasteiger partial charge in [-0.25, -0.2) is 0 Å². The number of benzene rings is 2. The van der Waals surface area contributed by atoms with Crippen molar-refractivity contribution in [2.75, 3.05) is 0 Å². The van der Waals surface area contributed by atoms with Gasteiger partial charge in [0.15, 0.2) is 0 Å². The minimum Gasteiger partial charge on any atom is -0.324 e. The lowest BCUT2D eigenvalue weighted by molar-refractivity contribution is 0.812. The van der Waals surface area contributed by atoms with Crippen LogP contribution in [0, 0.1) is 0 Å². The van der Waals surface area contributed by atoms with Gasteiger partial charge < -0.3 is 5.73 Å². The molecule has 0 saturated carbocycles. The highest BCUT2D eigenvalue weighted by Crippen LogP contribution is 2.24. The number of rotatable bonds is 5. The summed E-state index contributed by atoms with van der Waals surface area (Å²) in [5, 5.41) is 0. The predicted molar refractivity (Wildman–Crippen MR) is 94.5 cm³/mol. The molecule has 1 heteroatoms. The van der Waals surface area contributed by atoms with Gasteiger partial charge >= 0.3 is 0 Å². The highest BCUT2D eigenvalue weighted by Gasteiger charge is 2.04. The molecule has 0 aliphatic carbocycles. The lowest BCUT2D eigenvalue weighted by Gasteiger charge is -2.10. The Balaban J connectivity index is 0.00000106. The van der Waals surface area contributed by atoms with Crippen molar-refractivity contribution in [1.82, 2.24) is 0 Å². The molecule has 112 valence electrons. The van der Waals surface area contributed by atoms with Crippen LogP contribution in [-0.4, -0.2) is 6.04 Å². The van der Waals surface area contributed by atoms with E-state index in [1.165, 1.54) is 22.3 Å². The van der Waals surface area contributed by atoms with E-state index in [0.29, 0.717) is 0 Å². The molecule has 2 rings (SSSR count). The van der Waals surface area contributed by atoms with Crippen LogP contribution in [0.5, 0.6) is 0 Å². The fourth-order valence-electron chi connectivity index (χ4n) is 2.29. The summed E-state index contributed by atoms with van der Waals surface area (Å²) in [5.74, 6) is 0. The summed E-state index contributed by atoms with van der Waals surface area (Å²) in [7, 11) is 0. The van der Waals surface area contributed by atoms with Crippen molar-refractivity contribution >= 4 is 0 Å². The molecule has 0 spiro atoms. The van der Waals surface area contributed by atoms with Gasteiger partial charge in [-0.05, 0) is 35.1 Å². The molecule has 2 aromatic rings. The molecule has 1 nitrogen and oxygen atoms in total. The van der Waals surface area contributed by atoms with Gasteiger partial charge in [0, 0.05) is 6.04 Å². The normalized spacial score (nSPS) is 11.2. The lowest BCUT2D eigenvalue weighted by Crippen LogP contribution is -2.19. The first kappa shape index (κ1) is 17.2. The summed E-state index contributed by atoms with van der Waals surface area (Å²) in [6.45, 7) is 9.91. The van der Waals surface area contributed by atoms with E-state index in [2.05, 4.69) is 62.0 Å². The standard InChI is InChI=1S/C18H21N.C2H6/c1-3-15-7-5-6-8-18(15)16-11-9-14(10-12-16)13-17(19)4-2;1-2/h4-12,17H,2-3,13,19H2,1H3;1-2H3. The minimum atomic E-state index is 0.0359. The monoisotopic (exact) mass is 281 g/mol. The third-order valence-electron chi connectivity index (χ3n) is 3.44. The molecule has 0 aliphatic rings. The smallest absolute Gasteiger partial charge is 0.0262 e. The van der Waals surface area contributed by atoms with Crippen LogP contribution < -0.4 is 5.73 Å². The van der Waals surface area contributed by atoms with Crippen LogP contribution >= 0.6 is 0 Å².